The molecule has 10 heteroatoms. The van der Waals surface area contributed by atoms with Gasteiger partial charge in [0.25, 0.3) is 5.91 Å². The fourth-order valence-electron chi connectivity index (χ4n) is 4.71. The van der Waals surface area contributed by atoms with Crippen LogP contribution in [0.2, 0.25) is 5.02 Å². The minimum Gasteiger partial charge on any atom is -0.357 e. The zero-order valence-electron chi connectivity index (χ0n) is 20.1. The molecule has 1 fully saturated rings. The highest BCUT2D eigenvalue weighted by Gasteiger charge is 2.26. The van der Waals surface area contributed by atoms with Crippen LogP contribution in [0.3, 0.4) is 0 Å². The number of likely N-dealkylation sites (tertiary alicyclic amines) is 1. The zero-order chi connectivity index (χ0) is 25.2. The summed E-state index contributed by atoms with van der Waals surface area (Å²) in [6.45, 7) is 5.20. The largest absolute Gasteiger partial charge is 0.357 e. The van der Waals surface area contributed by atoms with E-state index < -0.39 is 0 Å². The highest BCUT2D eigenvalue weighted by Crippen LogP contribution is 2.33. The second-order valence-corrected chi connectivity index (χ2v) is 9.58. The molecule has 1 amide bonds. The Hall–Kier alpha value is -3.72. The third-order valence-electron chi connectivity index (χ3n) is 6.58. The third kappa shape index (κ3) is 5.11. The summed E-state index contributed by atoms with van der Waals surface area (Å²) >= 11 is 6.25. The van der Waals surface area contributed by atoms with E-state index in [1.165, 1.54) is 6.20 Å². The molecule has 1 aromatic carbocycles. The van der Waals surface area contributed by atoms with E-state index in [1.54, 1.807) is 18.3 Å². The van der Waals surface area contributed by atoms with Crippen molar-refractivity contribution in [2.75, 3.05) is 18.4 Å². The molecule has 3 aromatic heterocycles. The van der Waals surface area contributed by atoms with E-state index in [0.717, 1.165) is 29.7 Å². The predicted octanol–water partition coefficient (Wildman–Crippen LogP) is 5.29. The number of benzene rings is 1. The Bertz CT molecular complexity index is 1380. The Morgan fingerprint density at radius 1 is 1.25 bits per heavy atom. The number of carbonyl (C=O) groups excluding carboxylic acids is 1. The number of carbonyl (C=O) groups is 1. The van der Waals surface area contributed by atoms with Crippen LogP contribution in [-0.4, -0.2) is 49.0 Å². The van der Waals surface area contributed by atoms with Crippen molar-refractivity contribution in [3.63, 3.8) is 0 Å². The molecule has 8 nitrogen and oxygen atoms in total. The van der Waals surface area contributed by atoms with Crippen molar-refractivity contribution in [1.82, 2.24) is 30.0 Å². The molecule has 0 spiro atoms. The second-order valence-electron chi connectivity index (χ2n) is 9.17. The number of nitrogens with one attached hydrogen (secondary N) is 3. The van der Waals surface area contributed by atoms with Gasteiger partial charge < -0.3 is 15.2 Å². The van der Waals surface area contributed by atoms with Crippen molar-refractivity contribution in [2.24, 2.45) is 0 Å². The molecule has 186 valence electrons. The first-order valence-corrected chi connectivity index (χ1v) is 12.3. The van der Waals surface area contributed by atoms with Gasteiger partial charge in [0.15, 0.2) is 11.6 Å². The number of amides is 1. The van der Waals surface area contributed by atoms with Gasteiger partial charge in [-0.25, -0.2) is 14.4 Å². The Labute approximate surface area is 213 Å². The molecule has 1 saturated heterocycles. The van der Waals surface area contributed by atoms with Crippen LogP contribution in [0.15, 0.2) is 42.7 Å². The van der Waals surface area contributed by atoms with Crippen LogP contribution in [0.4, 0.5) is 16.0 Å². The fourth-order valence-corrected chi connectivity index (χ4v) is 4.85. The summed E-state index contributed by atoms with van der Waals surface area (Å²) in [5.74, 6) is 1.40. The number of rotatable bonds is 6. The average Bonchev–Trinajstić information content (AvgIpc) is 3.55. The SMILES string of the molecule is Cc1cc(Nc2nc(Cc3cc(C)c(C4CCN(C(=O)c5ccc[nH]5)CC4)cc3F)ncc2Cl)n[nH]1. The highest BCUT2D eigenvalue weighted by molar-refractivity contribution is 6.32. The smallest absolute Gasteiger partial charge is 0.270 e. The Kier molecular flexibility index (Phi) is 6.73. The lowest BCUT2D eigenvalue weighted by atomic mass is 9.85. The number of H-pyrrole nitrogens is 2. The second kappa shape index (κ2) is 10.1. The number of hydrogen-bond donors (Lipinski definition) is 3. The predicted molar refractivity (Wildman–Crippen MR) is 136 cm³/mol. The van der Waals surface area contributed by atoms with E-state index in [1.807, 2.05) is 36.9 Å². The number of aromatic amines is 2. The Morgan fingerprint density at radius 2 is 2.06 bits per heavy atom. The summed E-state index contributed by atoms with van der Waals surface area (Å²) in [6.07, 6.45) is 5.09. The minimum atomic E-state index is -0.281. The standard InChI is InChI=1S/C26H27ClFN7O/c1-15-10-18(12-23-30-14-20(27)25(31-23)32-24-11-16(2)33-34-24)21(28)13-19(15)17-5-8-35(9-6-17)26(36)22-4-3-7-29-22/h3-4,7,10-11,13-14,17,29H,5-6,8-9,12H2,1-2H3,(H2,30,31,32,33,34). The topological polar surface area (TPSA) is 103 Å². The van der Waals surface area contributed by atoms with E-state index >= 15 is 4.39 Å². The van der Waals surface area contributed by atoms with E-state index in [9.17, 15) is 4.79 Å². The zero-order valence-corrected chi connectivity index (χ0v) is 20.9. The first-order valence-electron chi connectivity index (χ1n) is 11.9. The molecule has 0 saturated carbocycles. The van der Waals surface area contributed by atoms with E-state index in [2.05, 4.69) is 30.5 Å². The number of aromatic nitrogens is 5. The molecule has 0 aliphatic carbocycles. The lowest BCUT2D eigenvalue weighted by molar-refractivity contribution is 0.0707. The summed E-state index contributed by atoms with van der Waals surface area (Å²) in [7, 11) is 0. The summed E-state index contributed by atoms with van der Waals surface area (Å²) in [5.41, 5.74) is 4.05. The number of piperidine rings is 1. The lowest BCUT2D eigenvalue weighted by Gasteiger charge is -2.32. The van der Waals surface area contributed by atoms with Crippen LogP contribution in [0.5, 0.6) is 0 Å². The van der Waals surface area contributed by atoms with Gasteiger partial charge in [-0.3, -0.25) is 9.89 Å². The number of aryl methyl sites for hydroxylation is 2. The first kappa shape index (κ1) is 24.0. The number of anilines is 2. The summed E-state index contributed by atoms with van der Waals surface area (Å²) < 4.78 is 15.2. The van der Waals surface area contributed by atoms with Crippen LogP contribution in [0.1, 0.15) is 57.5 Å². The quantitative estimate of drug-likeness (QED) is 0.329. The maximum atomic E-state index is 15.2. The molecular weight excluding hydrogens is 481 g/mol. The van der Waals surface area contributed by atoms with Gasteiger partial charge in [0.05, 0.1) is 6.20 Å². The van der Waals surface area contributed by atoms with Gasteiger partial charge in [0, 0.05) is 37.5 Å². The average molecular weight is 508 g/mol. The fraction of sp³-hybridized carbons (Fsp3) is 0.308. The minimum absolute atomic E-state index is 0.0101. The van der Waals surface area contributed by atoms with Gasteiger partial charge in [-0.05, 0) is 67.5 Å². The van der Waals surface area contributed by atoms with Crippen LogP contribution in [-0.2, 0) is 6.42 Å². The first-order chi connectivity index (χ1) is 17.4. The number of halogens is 2. The van der Waals surface area contributed by atoms with Crippen molar-refractivity contribution in [1.29, 1.82) is 0 Å². The van der Waals surface area contributed by atoms with Gasteiger partial charge in [0.1, 0.15) is 22.4 Å². The molecular formula is C26H27ClFN7O. The Morgan fingerprint density at radius 3 is 2.75 bits per heavy atom. The van der Waals surface area contributed by atoms with Gasteiger partial charge >= 0.3 is 0 Å². The maximum Gasteiger partial charge on any atom is 0.270 e. The molecule has 3 N–H and O–H groups in total. The molecule has 0 unspecified atom stereocenters. The van der Waals surface area contributed by atoms with E-state index in [-0.39, 0.29) is 24.1 Å². The summed E-state index contributed by atoms with van der Waals surface area (Å²) in [6, 6.07) is 8.96. The van der Waals surface area contributed by atoms with Gasteiger partial charge in [-0.1, -0.05) is 17.7 Å². The van der Waals surface area contributed by atoms with Crippen molar-refractivity contribution < 1.29 is 9.18 Å². The highest BCUT2D eigenvalue weighted by atomic mass is 35.5. The summed E-state index contributed by atoms with van der Waals surface area (Å²) in [5, 5.41) is 10.4. The molecule has 1 aliphatic rings. The monoisotopic (exact) mass is 507 g/mol. The van der Waals surface area contributed by atoms with E-state index in [4.69, 9.17) is 11.6 Å². The molecule has 1 aliphatic heterocycles. The van der Waals surface area contributed by atoms with Gasteiger partial charge in [-0.2, -0.15) is 5.10 Å². The van der Waals surface area contributed by atoms with Crippen molar-refractivity contribution >= 4 is 29.1 Å². The van der Waals surface area contributed by atoms with Crippen LogP contribution < -0.4 is 5.32 Å². The third-order valence-corrected chi connectivity index (χ3v) is 6.86. The van der Waals surface area contributed by atoms with Crippen molar-refractivity contribution in [2.45, 2.75) is 39.0 Å². The molecule has 0 radical (unpaired) electrons. The molecule has 0 atom stereocenters. The van der Waals surface area contributed by atoms with Crippen molar-refractivity contribution in [3.8, 4) is 0 Å². The van der Waals surface area contributed by atoms with Gasteiger partial charge in [0.2, 0.25) is 0 Å². The van der Waals surface area contributed by atoms with Crippen LogP contribution in [0.25, 0.3) is 0 Å². The molecule has 4 heterocycles. The lowest BCUT2D eigenvalue weighted by Crippen LogP contribution is -2.38. The molecule has 5 rings (SSSR count). The maximum absolute atomic E-state index is 15.2. The van der Waals surface area contributed by atoms with Crippen LogP contribution in [0, 0.1) is 19.7 Å². The number of nitrogens with zero attached hydrogens (tertiary/aromatic N) is 4. The van der Waals surface area contributed by atoms with Crippen molar-refractivity contribution in [3.05, 3.63) is 87.5 Å². The normalized spacial score (nSPS) is 14.3. The molecule has 0 bridgehead atoms. The summed E-state index contributed by atoms with van der Waals surface area (Å²) in [4.78, 5) is 26.2. The van der Waals surface area contributed by atoms with Crippen LogP contribution >= 0.6 is 11.6 Å². The van der Waals surface area contributed by atoms with E-state index in [0.29, 0.717) is 46.8 Å². The Balaban J connectivity index is 1.27. The molecule has 36 heavy (non-hydrogen) atoms. The van der Waals surface area contributed by atoms with Gasteiger partial charge in [-0.15, -0.1) is 0 Å². The number of hydrogen-bond acceptors (Lipinski definition) is 5. The molecule has 4 aromatic rings.